The minimum Gasteiger partial charge on any atom is -1.00 e. The van der Waals surface area contributed by atoms with Gasteiger partial charge in [-0.15, -0.1) is 0 Å². The molecule has 1 nitrogen and oxygen atoms in total. The Hall–Kier alpha value is 2.60. The van der Waals surface area contributed by atoms with E-state index in [0.29, 0.717) is 0 Å². The van der Waals surface area contributed by atoms with Gasteiger partial charge in [-0.05, 0) is 0 Å². The van der Waals surface area contributed by atoms with Crippen molar-refractivity contribution >= 4 is 0 Å². The zero-order chi connectivity index (χ0) is 2.00. The Kier molecular flexibility index (Phi) is 70.0. The smallest absolute Gasteiger partial charge is 1.00 e. The summed E-state index contributed by atoms with van der Waals surface area (Å²) in [5, 5.41) is 8.25. The van der Waals surface area contributed by atoms with Gasteiger partial charge in [-0.2, -0.15) is 7.11 Å². The van der Waals surface area contributed by atoms with Crippen LogP contribution in [0.15, 0.2) is 0 Å². The molecule has 0 aliphatic carbocycles. The molecule has 0 rings (SSSR count). The first-order valence-electron chi connectivity index (χ1n) is 0.408. The summed E-state index contributed by atoms with van der Waals surface area (Å²) in [4.78, 5) is 0. The van der Waals surface area contributed by atoms with Crippen LogP contribution >= 0.6 is 0 Å². The zero-order valence-corrected chi connectivity index (χ0v) is 8.53. The molecule has 0 aliphatic heterocycles. The van der Waals surface area contributed by atoms with Crippen molar-refractivity contribution in [3.63, 3.8) is 0 Å². The van der Waals surface area contributed by atoms with E-state index in [1.807, 2.05) is 0 Å². The molecular weight excluding hydrogens is 90.1 g/mol. The second-order valence-electron chi connectivity index (χ2n) is 0. The first kappa shape index (κ1) is 16.0. The molecule has 0 aromatic heterocycles. The van der Waals surface area contributed by atoms with Crippen molar-refractivity contribution in [1.29, 1.82) is 0 Å². The summed E-state index contributed by atoms with van der Waals surface area (Å²) in [5.41, 5.74) is 0. The molecule has 16 valence electrons. The first-order valence-corrected chi connectivity index (χ1v) is 0.408. The summed E-state index contributed by atoms with van der Waals surface area (Å²) in [7, 11) is 0.750. The molecule has 0 saturated carbocycles. The minimum atomic E-state index is 0. The number of hydrogen-bond acceptors (Lipinski definition) is 1. The van der Waals surface area contributed by atoms with E-state index in [0.717, 1.165) is 7.11 Å². The largest absolute Gasteiger partial charge is 1.00 e. The van der Waals surface area contributed by atoms with Crippen LogP contribution in [0.4, 0.5) is 0 Å². The number of rotatable bonds is 0. The molecule has 0 unspecified atom stereocenters. The fourth-order valence-electron chi connectivity index (χ4n) is 0. The van der Waals surface area contributed by atoms with E-state index >= 15 is 0 Å². The van der Waals surface area contributed by atoms with Gasteiger partial charge in [0.2, 0.25) is 0 Å². The normalized spacial score (nSPS) is 1.50. The van der Waals surface area contributed by atoms with E-state index in [1.54, 1.807) is 0 Å². The van der Waals surface area contributed by atoms with Gasteiger partial charge in [0, 0.05) is 0 Å². The maximum Gasteiger partial charge on any atom is 1.00 e. The monoisotopic (exact) mass is 94.0 g/mol. The maximum atomic E-state index is 8.25. The van der Waals surface area contributed by atoms with Gasteiger partial charge in [-0.1, -0.05) is 0 Å². The summed E-state index contributed by atoms with van der Waals surface area (Å²) < 4.78 is 0. The van der Waals surface area contributed by atoms with Crippen LogP contribution in [0.5, 0.6) is 0 Å². The third kappa shape index (κ3) is 8.82. The molecule has 0 amide bonds. The molecule has 0 fully saturated rings. The van der Waals surface area contributed by atoms with Crippen molar-refractivity contribution in [2.24, 2.45) is 0 Å². The van der Waals surface area contributed by atoms with Crippen LogP contribution in [-0.4, -0.2) is 7.11 Å². The summed E-state index contributed by atoms with van der Waals surface area (Å²) >= 11 is 0. The molecule has 0 saturated heterocycles. The summed E-state index contributed by atoms with van der Waals surface area (Å²) in [5.74, 6) is 0. The van der Waals surface area contributed by atoms with E-state index in [2.05, 4.69) is 0 Å². The van der Waals surface area contributed by atoms with Crippen LogP contribution in [-0.2, 0) is 0 Å². The van der Waals surface area contributed by atoms with Gasteiger partial charge in [-0.25, -0.2) is 0 Å². The fourth-order valence-corrected chi connectivity index (χ4v) is 0. The summed E-state index contributed by atoms with van der Waals surface area (Å²) in [6, 6.07) is 0. The average molecular weight is 94.1 g/mol. The predicted octanol–water partition coefficient (Wildman–Crippen LogP) is -6.90. The van der Waals surface area contributed by atoms with E-state index < -0.39 is 0 Å². The van der Waals surface area contributed by atoms with Crippen LogP contribution in [0.2, 0.25) is 0 Å². The van der Waals surface area contributed by atoms with E-state index in [9.17, 15) is 0 Å². The molecule has 0 aromatic carbocycles. The molecule has 0 atom stereocenters. The van der Waals surface area contributed by atoms with Crippen molar-refractivity contribution in [1.82, 2.24) is 0 Å². The van der Waals surface area contributed by atoms with Crippen LogP contribution in [0.25, 0.3) is 0 Å². The van der Waals surface area contributed by atoms with Gasteiger partial charge in [0.1, 0.15) is 0 Å². The van der Waals surface area contributed by atoms with Gasteiger partial charge < -0.3 is 6.53 Å². The van der Waals surface area contributed by atoms with E-state index in [4.69, 9.17) is 5.11 Å². The molecule has 0 radical (unpaired) electrons. The standard InChI is InChI=1S/CH3O.K.Na.H/c1-2;;;/h1H3;;;/q-1;2*+1;-1. The SMILES string of the molecule is C[O-].[H-].[K+].[Na+]. The molecule has 0 spiro atoms. The van der Waals surface area contributed by atoms with Crippen molar-refractivity contribution in [3.05, 3.63) is 0 Å². The van der Waals surface area contributed by atoms with Crippen LogP contribution < -0.4 is 86.0 Å². The van der Waals surface area contributed by atoms with Crippen LogP contribution in [0.1, 0.15) is 1.43 Å². The van der Waals surface area contributed by atoms with E-state index in [-0.39, 0.29) is 82.4 Å². The van der Waals surface area contributed by atoms with E-state index in [1.165, 1.54) is 0 Å². The maximum absolute atomic E-state index is 8.25. The summed E-state index contributed by atoms with van der Waals surface area (Å²) in [6.07, 6.45) is 0. The zero-order valence-electron chi connectivity index (χ0n) is 4.41. The molecule has 3 heteroatoms. The van der Waals surface area contributed by atoms with Gasteiger partial charge in [0.25, 0.3) is 0 Å². The minimum absolute atomic E-state index is 0. The third-order valence-electron chi connectivity index (χ3n) is 0. The Balaban J connectivity index is -0.00000000167. The first-order chi connectivity index (χ1) is 1.00. The Morgan fingerprint density at radius 2 is 1.50 bits per heavy atom. The Bertz CT molecular complexity index is 11.6. The average Bonchev–Trinajstić information content (AvgIpc) is 1.00. The van der Waals surface area contributed by atoms with Crippen LogP contribution in [0, 0.1) is 0 Å². The quantitative estimate of drug-likeness (QED) is 0.274. The predicted molar refractivity (Wildman–Crippen MR) is 7.04 cm³/mol. The van der Waals surface area contributed by atoms with Gasteiger partial charge >= 0.3 is 80.9 Å². The molecule has 0 aliphatic rings. The van der Waals surface area contributed by atoms with Gasteiger partial charge in [0.15, 0.2) is 0 Å². The molecule has 0 heterocycles. The Morgan fingerprint density at radius 1 is 1.50 bits per heavy atom. The summed E-state index contributed by atoms with van der Waals surface area (Å²) in [6.45, 7) is 0. The second kappa shape index (κ2) is 17.5. The van der Waals surface area contributed by atoms with Crippen molar-refractivity contribution < 1.29 is 87.5 Å². The van der Waals surface area contributed by atoms with Gasteiger partial charge in [0.05, 0.1) is 0 Å². The molecular formula is CH4KNaO. The van der Waals surface area contributed by atoms with Crippen molar-refractivity contribution in [2.45, 2.75) is 0 Å². The number of hydrogen-bond donors (Lipinski definition) is 0. The third-order valence-corrected chi connectivity index (χ3v) is 0. The second-order valence-corrected chi connectivity index (χ2v) is 0. The molecule has 0 bridgehead atoms. The Labute approximate surface area is 92.4 Å². The van der Waals surface area contributed by atoms with Gasteiger partial charge in [-0.3, -0.25) is 0 Å². The molecule has 4 heavy (non-hydrogen) atoms. The van der Waals surface area contributed by atoms with Crippen molar-refractivity contribution in [3.8, 4) is 0 Å². The van der Waals surface area contributed by atoms with Crippen molar-refractivity contribution in [2.75, 3.05) is 7.11 Å². The molecule has 0 aromatic rings. The van der Waals surface area contributed by atoms with Crippen LogP contribution in [0.3, 0.4) is 0 Å². The fraction of sp³-hybridized carbons (Fsp3) is 1.00. The Morgan fingerprint density at radius 3 is 1.50 bits per heavy atom. The molecule has 0 N–H and O–H groups in total. The topological polar surface area (TPSA) is 23.1 Å².